The molecule has 2 N–H and O–H groups in total. The van der Waals surface area contributed by atoms with Crippen LogP contribution in [0.15, 0.2) is 29.4 Å². The van der Waals surface area contributed by atoms with E-state index >= 15 is 0 Å². The van der Waals surface area contributed by atoms with E-state index in [-0.39, 0.29) is 0 Å². The highest BCUT2D eigenvalue weighted by atomic mass is 32.2. The molecule has 2 aromatic heterocycles. The average molecular weight is 399 g/mol. The second kappa shape index (κ2) is 7.44. The number of fused-ring (bicyclic) bond motifs is 1. The lowest BCUT2D eigenvalue weighted by Gasteiger charge is -2.09. The molecule has 0 saturated heterocycles. The molecule has 27 heavy (non-hydrogen) atoms. The van der Waals surface area contributed by atoms with Gasteiger partial charge in [0.1, 0.15) is 5.82 Å². The molecule has 0 unspecified atom stereocenters. The summed E-state index contributed by atoms with van der Waals surface area (Å²) in [7, 11) is 2.04. The van der Waals surface area contributed by atoms with Crippen LogP contribution >= 0.6 is 24.0 Å². The topological polar surface area (TPSA) is 67.7 Å². The number of thiocarbonyl (C=S) groups is 1. The fraction of sp³-hybridized carbons (Fsp3) is 0.368. The van der Waals surface area contributed by atoms with Gasteiger partial charge in [0.05, 0.1) is 16.8 Å². The van der Waals surface area contributed by atoms with Gasteiger partial charge in [0.15, 0.2) is 10.3 Å². The number of aromatic nitrogens is 4. The Bertz CT molecular complexity index is 989. The van der Waals surface area contributed by atoms with Crippen molar-refractivity contribution in [1.82, 2.24) is 24.8 Å². The first kappa shape index (κ1) is 18.2. The highest BCUT2D eigenvalue weighted by Crippen LogP contribution is 2.25. The smallest absolute Gasteiger partial charge is 0.188 e. The summed E-state index contributed by atoms with van der Waals surface area (Å²) in [6, 6.07) is 8.67. The molecule has 2 heterocycles. The third-order valence-corrected chi connectivity index (χ3v) is 5.50. The van der Waals surface area contributed by atoms with Gasteiger partial charge in [-0.3, -0.25) is 0 Å². The lowest BCUT2D eigenvalue weighted by molar-refractivity contribution is 0.866. The van der Waals surface area contributed by atoms with Crippen molar-refractivity contribution in [2.24, 2.45) is 7.05 Å². The highest BCUT2D eigenvalue weighted by molar-refractivity contribution is 7.98. The van der Waals surface area contributed by atoms with Crippen molar-refractivity contribution in [3.05, 3.63) is 41.5 Å². The molecule has 1 aromatic carbocycles. The summed E-state index contributed by atoms with van der Waals surface area (Å²) in [5.41, 5.74) is 4.98. The predicted octanol–water partition coefficient (Wildman–Crippen LogP) is 3.72. The minimum atomic E-state index is 0.541. The first-order valence-electron chi connectivity index (χ1n) is 8.96. The first-order chi connectivity index (χ1) is 13.0. The van der Waals surface area contributed by atoms with E-state index in [0.29, 0.717) is 11.2 Å². The molecule has 6 nitrogen and oxygen atoms in total. The SMILES string of the molecule is Cc1cc(C)nc(SCc2nc3cc(NC(=S)NC4CC4)ccc3n2C)n1. The van der Waals surface area contributed by atoms with E-state index < -0.39 is 0 Å². The Hall–Kier alpha value is -2.19. The molecular formula is C19H22N6S2. The second-order valence-electron chi connectivity index (χ2n) is 6.89. The maximum Gasteiger partial charge on any atom is 0.188 e. The van der Waals surface area contributed by atoms with Crippen LogP contribution in [0.25, 0.3) is 11.0 Å². The van der Waals surface area contributed by atoms with Crippen molar-refractivity contribution in [2.45, 2.75) is 43.6 Å². The van der Waals surface area contributed by atoms with Crippen molar-refractivity contribution in [1.29, 1.82) is 0 Å². The van der Waals surface area contributed by atoms with Gasteiger partial charge >= 0.3 is 0 Å². The van der Waals surface area contributed by atoms with Crippen LogP contribution in [0.1, 0.15) is 30.1 Å². The van der Waals surface area contributed by atoms with E-state index in [0.717, 1.165) is 44.8 Å². The van der Waals surface area contributed by atoms with Gasteiger partial charge in [-0.05, 0) is 63.2 Å². The van der Waals surface area contributed by atoms with Crippen molar-refractivity contribution in [2.75, 3.05) is 5.32 Å². The standard InChI is InChI=1S/C19H22N6S2/c1-11-8-12(2)21-19(20-11)27-10-17-24-15-9-14(6-7-16(15)25(17)3)23-18(26)22-13-4-5-13/h6-9,13H,4-5,10H2,1-3H3,(H2,22,23,26). The number of anilines is 1. The summed E-state index contributed by atoms with van der Waals surface area (Å²) in [6.45, 7) is 3.98. The fourth-order valence-corrected chi connectivity index (χ4v) is 4.14. The lowest BCUT2D eigenvalue weighted by Crippen LogP contribution is -2.30. The Morgan fingerprint density at radius 3 is 2.63 bits per heavy atom. The predicted molar refractivity (Wildman–Crippen MR) is 114 cm³/mol. The molecule has 0 aliphatic heterocycles. The van der Waals surface area contributed by atoms with Gasteiger partial charge in [0.2, 0.25) is 0 Å². The molecular weight excluding hydrogens is 376 g/mol. The van der Waals surface area contributed by atoms with Crippen LogP contribution in [0, 0.1) is 13.8 Å². The average Bonchev–Trinajstić information content (AvgIpc) is 3.35. The summed E-state index contributed by atoms with van der Waals surface area (Å²) in [5, 5.41) is 8.01. The second-order valence-corrected chi connectivity index (χ2v) is 8.24. The normalized spacial score (nSPS) is 13.7. The van der Waals surface area contributed by atoms with Crippen LogP contribution in [0.2, 0.25) is 0 Å². The van der Waals surface area contributed by atoms with Crippen molar-refractivity contribution in [3.8, 4) is 0 Å². The summed E-state index contributed by atoms with van der Waals surface area (Å²) in [5.74, 6) is 1.71. The summed E-state index contributed by atoms with van der Waals surface area (Å²) in [4.78, 5) is 13.8. The number of thioether (sulfide) groups is 1. The molecule has 3 aromatic rings. The maximum absolute atomic E-state index is 5.36. The third-order valence-electron chi connectivity index (χ3n) is 4.44. The molecule has 0 amide bonds. The first-order valence-corrected chi connectivity index (χ1v) is 10.4. The van der Waals surface area contributed by atoms with E-state index in [4.69, 9.17) is 17.2 Å². The van der Waals surface area contributed by atoms with Crippen LogP contribution in [0.4, 0.5) is 5.69 Å². The summed E-state index contributed by atoms with van der Waals surface area (Å²) < 4.78 is 2.12. The number of nitrogens with zero attached hydrogens (tertiary/aromatic N) is 4. The zero-order valence-electron chi connectivity index (χ0n) is 15.6. The number of aryl methyl sites for hydroxylation is 3. The fourth-order valence-electron chi connectivity index (χ4n) is 2.92. The Labute approximate surface area is 168 Å². The molecule has 0 radical (unpaired) electrons. The number of rotatable bonds is 5. The van der Waals surface area contributed by atoms with Gasteiger partial charge in [-0.25, -0.2) is 15.0 Å². The van der Waals surface area contributed by atoms with Crippen LogP contribution in [0.5, 0.6) is 0 Å². The Morgan fingerprint density at radius 2 is 1.93 bits per heavy atom. The zero-order chi connectivity index (χ0) is 19.0. The Kier molecular flexibility index (Phi) is 5.01. The maximum atomic E-state index is 5.36. The molecule has 140 valence electrons. The van der Waals surface area contributed by atoms with Crippen LogP contribution < -0.4 is 10.6 Å². The van der Waals surface area contributed by atoms with E-state index in [2.05, 4.69) is 31.2 Å². The molecule has 0 bridgehead atoms. The minimum Gasteiger partial charge on any atom is -0.360 e. The molecule has 8 heteroatoms. The van der Waals surface area contributed by atoms with Gasteiger partial charge in [0.25, 0.3) is 0 Å². The molecule has 1 saturated carbocycles. The molecule has 1 aliphatic carbocycles. The van der Waals surface area contributed by atoms with Crippen molar-refractivity contribution in [3.63, 3.8) is 0 Å². The number of hydrogen-bond donors (Lipinski definition) is 2. The van der Waals surface area contributed by atoms with E-state index in [1.54, 1.807) is 11.8 Å². The van der Waals surface area contributed by atoms with Gasteiger partial charge in [0, 0.05) is 30.2 Å². The zero-order valence-corrected chi connectivity index (χ0v) is 17.2. The van der Waals surface area contributed by atoms with Gasteiger partial charge in [-0.15, -0.1) is 0 Å². The van der Waals surface area contributed by atoms with Gasteiger partial charge in [-0.2, -0.15) is 0 Å². The number of benzene rings is 1. The van der Waals surface area contributed by atoms with Crippen LogP contribution in [-0.2, 0) is 12.8 Å². The van der Waals surface area contributed by atoms with Crippen LogP contribution in [0.3, 0.4) is 0 Å². The highest BCUT2D eigenvalue weighted by Gasteiger charge is 2.21. The van der Waals surface area contributed by atoms with E-state index in [1.165, 1.54) is 12.8 Å². The van der Waals surface area contributed by atoms with Crippen molar-refractivity contribution >= 4 is 45.8 Å². The third kappa shape index (κ3) is 4.39. The van der Waals surface area contributed by atoms with Gasteiger partial charge < -0.3 is 15.2 Å². The molecule has 1 fully saturated rings. The quantitative estimate of drug-likeness (QED) is 0.386. The number of hydrogen-bond acceptors (Lipinski definition) is 5. The molecule has 1 aliphatic rings. The van der Waals surface area contributed by atoms with Crippen molar-refractivity contribution < 1.29 is 0 Å². The van der Waals surface area contributed by atoms with Gasteiger partial charge in [-0.1, -0.05) is 11.8 Å². The lowest BCUT2D eigenvalue weighted by atomic mass is 10.3. The molecule has 0 atom stereocenters. The Morgan fingerprint density at radius 1 is 1.19 bits per heavy atom. The largest absolute Gasteiger partial charge is 0.360 e. The molecule has 0 spiro atoms. The summed E-state index contributed by atoms with van der Waals surface area (Å²) in [6.07, 6.45) is 2.40. The van der Waals surface area contributed by atoms with E-state index in [1.807, 2.05) is 39.1 Å². The number of nitrogens with one attached hydrogen (secondary N) is 2. The summed E-state index contributed by atoms with van der Waals surface area (Å²) >= 11 is 6.97. The number of imidazole rings is 1. The van der Waals surface area contributed by atoms with E-state index in [9.17, 15) is 0 Å². The minimum absolute atomic E-state index is 0.541. The Balaban J connectivity index is 1.49. The monoisotopic (exact) mass is 398 g/mol. The molecule has 4 rings (SSSR count). The van der Waals surface area contributed by atoms with Crippen LogP contribution in [-0.4, -0.2) is 30.7 Å².